The van der Waals surface area contributed by atoms with E-state index >= 15 is 0 Å². The lowest BCUT2D eigenvalue weighted by Crippen LogP contribution is -2.23. The van der Waals surface area contributed by atoms with Gasteiger partial charge in [0, 0.05) is 6.42 Å². The van der Waals surface area contributed by atoms with Gasteiger partial charge in [-0.15, -0.1) is 0 Å². The molecule has 0 saturated carbocycles. The molecule has 4 heteroatoms. The van der Waals surface area contributed by atoms with Gasteiger partial charge in [-0.25, -0.2) is 4.79 Å². The predicted molar refractivity (Wildman–Crippen MR) is 56.2 cm³/mol. The maximum Gasteiger partial charge on any atom is 0.389 e. The summed E-state index contributed by atoms with van der Waals surface area (Å²) in [5, 5.41) is 0. The molecule has 1 unspecified atom stereocenters. The Kier molecular flexibility index (Phi) is 3.10. The largest absolute Gasteiger partial charge is 0.463 e. The number of carbonyl (C=O) groups is 1. The van der Waals surface area contributed by atoms with E-state index in [9.17, 15) is 4.79 Å². The molecule has 0 aliphatic carbocycles. The first-order chi connectivity index (χ1) is 7.79. The first kappa shape index (κ1) is 10.5. The van der Waals surface area contributed by atoms with Crippen LogP contribution in [0.15, 0.2) is 42.4 Å². The summed E-state index contributed by atoms with van der Waals surface area (Å²) in [4.78, 5) is 11.1. The molecule has 0 spiro atoms. The van der Waals surface area contributed by atoms with Crippen molar-refractivity contribution < 1.29 is 19.0 Å². The van der Waals surface area contributed by atoms with Gasteiger partial charge in [-0.3, -0.25) is 0 Å². The minimum atomic E-state index is -0.955. The third-order valence-electron chi connectivity index (χ3n) is 2.20. The van der Waals surface area contributed by atoms with E-state index in [1.807, 2.05) is 30.3 Å². The second-order valence-corrected chi connectivity index (χ2v) is 3.36. The van der Waals surface area contributed by atoms with Crippen LogP contribution in [0.5, 0.6) is 0 Å². The minimum Gasteiger partial charge on any atom is -0.463 e. The van der Waals surface area contributed by atoms with Crippen LogP contribution in [0.25, 0.3) is 0 Å². The standard InChI is InChI=1S/C12H12O4/c1-14-11(13)12-15-8-10(16-12)7-9-5-3-2-4-6-9/h2-6,8,12H,7H2,1H3. The van der Waals surface area contributed by atoms with Crippen molar-refractivity contribution in [3.05, 3.63) is 47.9 Å². The van der Waals surface area contributed by atoms with Crippen molar-refractivity contribution >= 4 is 5.97 Å². The highest BCUT2D eigenvalue weighted by molar-refractivity contribution is 5.73. The molecule has 1 heterocycles. The molecule has 0 amide bonds. The molecule has 0 saturated heterocycles. The highest BCUT2D eigenvalue weighted by atomic mass is 16.7. The van der Waals surface area contributed by atoms with E-state index in [-0.39, 0.29) is 0 Å². The highest BCUT2D eigenvalue weighted by Gasteiger charge is 2.27. The molecule has 0 N–H and O–H groups in total. The summed E-state index contributed by atoms with van der Waals surface area (Å²) in [6.45, 7) is 0. The number of hydrogen-bond acceptors (Lipinski definition) is 4. The number of ether oxygens (including phenoxy) is 3. The molecular weight excluding hydrogens is 208 g/mol. The Morgan fingerprint density at radius 1 is 1.38 bits per heavy atom. The molecule has 4 nitrogen and oxygen atoms in total. The Morgan fingerprint density at radius 2 is 2.12 bits per heavy atom. The topological polar surface area (TPSA) is 44.8 Å². The highest BCUT2D eigenvalue weighted by Crippen LogP contribution is 2.19. The van der Waals surface area contributed by atoms with Crippen molar-refractivity contribution in [2.45, 2.75) is 12.7 Å². The molecule has 1 aromatic carbocycles. The van der Waals surface area contributed by atoms with Gasteiger partial charge in [-0.05, 0) is 5.56 Å². The fourth-order valence-electron chi connectivity index (χ4n) is 1.41. The molecule has 0 bridgehead atoms. The van der Waals surface area contributed by atoms with Crippen LogP contribution in [-0.2, 0) is 25.4 Å². The number of hydrogen-bond donors (Lipinski definition) is 0. The van der Waals surface area contributed by atoms with Gasteiger partial charge in [0.1, 0.15) is 12.0 Å². The molecule has 1 aliphatic heterocycles. The minimum absolute atomic E-state index is 0.528. The summed E-state index contributed by atoms with van der Waals surface area (Å²) in [6.07, 6.45) is 1.10. The third-order valence-corrected chi connectivity index (χ3v) is 2.20. The molecule has 2 rings (SSSR count). The van der Waals surface area contributed by atoms with Crippen LogP contribution in [0.4, 0.5) is 0 Å². The Labute approximate surface area is 93.4 Å². The molecule has 0 fully saturated rings. The zero-order valence-corrected chi connectivity index (χ0v) is 8.88. The van der Waals surface area contributed by atoms with Gasteiger partial charge in [0.25, 0.3) is 0 Å². The lowest BCUT2D eigenvalue weighted by Gasteiger charge is -2.08. The van der Waals surface area contributed by atoms with Gasteiger partial charge in [0.15, 0.2) is 0 Å². The van der Waals surface area contributed by atoms with E-state index < -0.39 is 12.3 Å². The summed E-state index contributed by atoms with van der Waals surface area (Å²) in [5.74, 6) is 0.0981. The van der Waals surface area contributed by atoms with E-state index in [0.717, 1.165) is 5.56 Å². The van der Waals surface area contributed by atoms with Gasteiger partial charge >= 0.3 is 12.3 Å². The van der Waals surface area contributed by atoms with E-state index in [2.05, 4.69) is 4.74 Å². The van der Waals surface area contributed by atoms with Gasteiger partial charge in [0.05, 0.1) is 7.11 Å². The monoisotopic (exact) mass is 220 g/mol. The SMILES string of the molecule is COC(=O)C1OC=C(Cc2ccccc2)O1. The van der Waals surface area contributed by atoms with Crippen molar-refractivity contribution in [1.29, 1.82) is 0 Å². The molecule has 16 heavy (non-hydrogen) atoms. The zero-order chi connectivity index (χ0) is 11.4. The maximum absolute atomic E-state index is 11.1. The Morgan fingerprint density at radius 3 is 2.81 bits per heavy atom. The fourth-order valence-corrected chi connectivity index (χ4v) is 1.41. The van der Waals surface area contributed by atoms with Gasteiger partial charge < -0.3 is 14.2 Å². The fraction of sp³-hybridized carbons (Fsp3) is 0.250. The van der Waals surface area contributed by atoms with Gasteiger partial charge in [-0.1, -0.05) is 30.3 Å². The molecular formula is C12H12O4. The zero-order valence-electron chi connectivity index (χ0n) is 8.88. The quantitative estimate of drug-likeness (QED) is 0.726. The number of allylic oxidation sites excluding steroid dienone is 1. The van der Waals surface area contributed by atoms with Crippen molar-refractivity contribution in [2.75, 3.05) is 7.11 Å². The number of carbonyl (C=O) groups excluding carboxylic acids is 1. The molecule has 1 atom stereocenters. The number of benzene rings is 1. The second-order valence-electron chi connectivity index (χ2n) is 3.36. The van der Waals surface area contributed by atoms with Crippen LogP contribution in [0.1, 0.15) is 5.56 Å². The van der Waals surface area contributed by atoms with E-state index in [1.54, 1.807) is 0 Å². The van der Waals surface area contributed by atoms with Crippen LogP contribution in [0, 0.1) is 0 Å². The first-order valence-electron chi connectivity index (χ1n) is 4.92. The van der Waals surface area contributed by atoms with Crippen LogP contribution >= 0.6 is 0 Å². The molecule has 0 aromatic heterocycles. The summed E-state index contributed by atoms with van der Waals surface area (Å²) in [6, 6.07) is 9.81. The van der Waals surface area contributed by atoms with Gasteiger partial charge in [0.2, 0.25) is 0 Å². The molecule has 1 aliphatic rings. The van der Waals surface area contributed by atoms with Crippen molar-refractivity contribution in [3.63, 3.8) is 0 Å². The summed E-state index contributed by atoms with van der Waals surface area (Å²) in [7, 11) is 1.30. The average molecular weight is 220 g/mol. The maximum atomic E-state index is 11.1. The van der Waals surface area contributed by atoms with Crippen molar-refractivity contribution in [2.24, 2.45) is 0 Å². The van der Waals surface area contributed by atoms with Gasteiger partial charge in [-0.2, -0.15) is 0 Å². The van der Waals surface area contributed by atoms with Crippen LogP contribution in [0.3, 0.4) is 0 Å². The average Bonchev–Trinajstić information content (AvgIpc) is 2.78. The third kappa shape index (κ3) is 2.34. The van der Waals surface area contributed by atoms with E-state index in [4.69, 9.17) is 9.47 Å². The lowest BCUT2D eigenvalue weighted by atomic mass is 10.1. The summed E-state index contributed by atoms with van der Waals surface area (Å²) >= 11 is 0. The first-order valence-corrected chi connectivity index (χ1v) is 4.92. The van der Waals surface area contributed by atoms with Crippen LogP contribution in [-0.4, -0.2) is 19.4 Å². The normalized spacial score (nSPS) is 18.3. The second kappa shape index (κ2) is 4.70. The molecule has 0 radical (unpaired) electrons. The van der Waals surface area contributed by atoms with E-state index in [0.29, 0.717) is 12.2 Å². The van der Waals surface area contributed by atoms with E-state index in [1.165, 1.54) is 13.4 Å². The molecule has 84 valence electrons. The lowest BCUT2D eigenvalue weighted by molar-refractivity contribution is -0.167. The number of esters is 1. The Bertz CT molecular complexity index is 397. The Balaban J connectivity index is 1.92. The van der Waals surface area contributed by atoms with Crippen molar-refractivity contribution in [1.82, 2.24) is 0 Å². The number of rotatable bonds is 3. The van der Waals surface area contributed by atoms with Crippen LogP contribution < -0.4 is 0 Å². The van der Waals surface area contributed by atoms with Crippen molar-refractivity contribution in [3.8, 4) is 0 Å². The molecule has 1 aromatic rings. The number of methoxy groups -OCH3 is 1. The predicted octanol–water partition coefficient (Wildman–Crippen LogP) is 1.62. The summed E-state index contributed by atoms with van der Waals surface area (Å²) in [5.41, 5.74) is 1.10. The Hall–Kier alpha value is -1.97. The van der Waals surface area contributed by atoms with Crippen LogP contribution in [0.2, 0.25) is 0 Å². The smallest absolute Gasteiger partial charge is 0.389 e. The summed E-state index contributed by atoms with van der Waals surface area (Å²) < 4.78 is 14.8.